The largest absolute Gasteiger partial charge is 0.378 e. The zero-order valence-corrected chi connectivity index (χ0v) is 15.2. The van der Waals surface area contributed by atoms with Crippen molar-refractivity contribution in [2.45, 2.75) is 17.9 Å². The fourth-order valence-electron chi connectivity index (χ4n) is 1.88. The van der Waals surface area contributed by atoms with E-state index in [4.69, 9.17) is 5.14 Å². The Hall–Kier alpha value is -0.890. The second kappa shape index (κ2) is 6.48. The molecule has 0 fully saturated rings. The average Bonchev–Trinajstić information content (AvgIpc) is 2.39. The van der Waals surface area contributed by atoms with Gasteiger partial charge in [-0.15, -0.1) is 0 Å². The number of hydrogen-bond acceptors (Lipinski definition) is 3. The van der Waals surface area contributed by atoms with Crippen LogP contribution < -0.4 is 10.5 Å². The first-order chi connectivity index (χ1) is 9.77. The van der Waals surface area contributed by atoms with E-state index in [1.807, 2.05) is 31.2 Å². The third-order valence-electron chi connectivity index (χ3n) is 2.99. The van der Waals surface area contributed by atoms with Crippen molar-refractivity contribution in [1.82, 2.24) is 0 Å². The first-order valence-corrected chi connectivity index (χ1v) is 9.25. The minimum Gasteiger partial charge on any atom is -0.378 e. The van der Waals surface area contributed by atoms with Gasteiger partial charge >= 0.3 is 0 Å². The summed E-state index contributed by atoms with van der Waals surface area (Å²) in [7, 11) is -3.69. The molecule has 4 nitrogen and oxygen atoms in total. The summed E-state index contributed by atoms with van der Waals surface area (Å²) in [5.74, 6) is 0. The van der Waals surface area contributed by atoms with Gasteiger partial charge in [-0.05, 0) is 58.7 Å². The predicted octanol–water partition coefficient (Wildman–Crippen LogP) is 4.03. The highest BCUT2D eigenvalue weighted by molar-refractivity contribution is 9.10. The fourth-order valence-corrected chi connectivity index (χ4v) is 3.48. The first-order valence-electron chi connectivity index (χ1n) is 6.12. The van der Waals surface area contributed by atoms with Gasteiger partial charge in [-0.25, -0.2) is 13.6 Å². The summed E-state index contributed by atoms with van der Waals surface area (Å²) in [6.45, 7) is 2.03. The Labute approximate surface area is 141 Å². The molecule has 0 radical (unpaired) electrons. The molecule has 21 heavy (non-hydrogen) atoms. The molecule has 2 rings (SSSR count). The number of halogens is 2. The molecule has 112 valence electrons. The molecule has 0 bridgehead atoms. The molecule has 1 atom stereocenters. The molecule has 2 aromatic carbocycles. The third-order valence-corrected chi connectivity index (χ3v) is 5.05. The molecule has 2 aromatic rings. The maximum Gasteiger partial charge on any atom is 0.238 e. The predicted molar refractivity (Wildman–Crippen MR) is 91.7 cm³/mol. The van der Waals surface area contributed by atoms with E-state index in [1.54, 1.807) is 6.07 Å². The molecule has 0 saturated heterocycles. The van der Waals surface area contributed by atoms with Crippen LogP contribution in [0.3, 0.4) is 0 Å². The van der Waals surface area contributed by atoms with E-state index >= 15 is 0 Å². The molecule has 3 N–H and O–H groups in total. The van der Waals surface area contributed by atoms with Crippen LogP contribution in [0.15, 0.2) is 56.3 Å². The van der Waals surface area contributed by atoms with Gasteiger partial charge in [0.05, 0.1) is 4.90 Å². The smallest absolute Gasteiger partial charge is 0.238 e. The molecule has 0 aliphatic rings. The highest BCUT2D eigenvalue weighted by Crippen LogP contribution is 2.29. The van der Waals surface area contributed by atoms with Crippen LogP contribution in [0.2, 0.25) is 0 Å². The number of primary sulfonamides is 1. The van der Waals surface area contributed by atoms with E-state index in [0.717, 1.165) is 15.7 Å². The van der Waals surface area contributed by atoms with Gasteiger partial charge in [0.1, 0.15) is 0 Å². The van der Waals surface area contributed by atoms with Crippen LogP contribution in [-0.2, 0) is 10.0 Å². The number of sulfonamides is 1. The average molecular weight is 434 g/mol. The lowest BCUT2D eigenvalue weighted by molar-refractivity contribution is 0.598. The van der Waals surface area contributed by atoms with Crippen LogP contribution in [0.25, 0.3) is 0 Å². The molecule has 0 aliphatic heterocycles. The van der Waals surface area contributed by atoms with Gasteiger partial charge in [-0.1, -0.05) is 28.1 Å². The van der Waals surface area contributed by atoms with Gasteiger partial charge in [0.15, 0.2) is 0 Å². The quantitative estimate of drug-likeness (QED) is 0.764. The Balaban J connectivity index is 2.24. The molecule has 0 spiro atoms. The Morgan fingerprint density at radius 3 is 2.43 bits per heavy atom. The van der Waals surface area contributed by atoms with Crippen LogP contribution in [0, 0.1) is 0 Å². The third kappa shape index (κ3) is 4.29. The fraction of sp³-hybridized carbons (Fsp3) is 0.143. The normalized spacial score (nSPS) is 13.0. The summed E-state index contributed by atoms with van der Waals surface area (Å²) in [5, 5.41) is 8.44. The molecule has 1 unspecified atom stereocenters. The molecule has 0 aliphatic carbocycles. The Kier molecular flexibility index (Phi) is 5.08. The standard InChI is InChI=1S/C14H14Br2N2O2S/c1-9(10-3-2-4-11(15)7-10)18-14-6-5-12(8-13(14)16)21(17,19)20/h2-9,18H,1H3,(H2,17,19,20). The van der Waals surface area contributed by atoms with Crippen molar-refractivity contribution in [2.75, 3.05) is 5.32 Å². The lowest BCUT2D eigenvalue weighted by atomic mass is 10.1. The van der Waals surface area contributed by atoms with E-state index < -0.39 is 10.0 Å². The zero-order valence-electron chi connectivity index (χ0n) is 11.2. The Morgan fingerprint density at radius 1 is 1.14 bits per heavy atom. The van der Waals surface area contributed by atoms with E-state index in [2.05, 4.69) is 37.2 Å². The highest BCUT2D eigenvalue weighted by Gasteiger charge is 2.12. The van der Waals surface area contributed by atoms with Crippen LogP contribution in [0.5, 0.6) is 0 Å². The maximum atomic E-state index is 11.3. The van der Waals surface area contributed by atoms with E-state index in [1.165, 1.54) is 12.1 Å². The lowest BCUT2D eigenvalue weighted by Crippen LogP contribution is -2.12. The summed E-state index contributed by atoms with van der Waals surface area (Å²) in [6, 6.07) is 12.7. The van der Waals surface area contributed by atoms with Crippen molar-refractivity contribution >= 4 is 47.6 Å². The number of nitrogens with two attached hydrogens (primary N) is 1. The van der Waals surface area contributed by atoms with E-state index in [9.17, 15) is 8.42 Å². The van der Waals surface area contributed by atoms with Gasteiger partial charge in [-0.2, -0.15) is 0 Å². The summed E-state index contributed by atoms with van der Waals surface area (Å²) in [6.07, 6.45) is 0. The van der Waals surface area contributed by atoms with Crippen LogP contribution in [0.4, 0.5) is 5.69 Å². The van der Waals surface area contributed by atoms with Crippen molar-refractivity contribution in [3.05, 3.63) is 57.0 Å². The van der Waals surface area contributed by atoms with Gasteiger partial charge in [0, 0.05) is 20.7 Å². The second-order valence-electron chi connectivity index (χ2n) is 4.61. The zero-order chi connectivity index (χ0) is 15.6. The van der Waals surface area contributed by atoms with Crippen LogP contribution in [-0.4, -0.2) is 8.42 Å². The number of anilines is 1. The SMILES string of the molecule is CC(Nc1ccc(S(N)(=O)=O)cc1Br)c1cccc(Br)c1. The highest BCUT2D eigenvalue weighted by atomic mass is 79.9. The second-order valence-corrected chi connectivity index (χ2v) is 7.94. The van der Waals surface area contributed by atoms with Gasteiger partial charge in [0.2, 0.25) is 10.0 Å². The maximum absolute atomic E-state index is 11.3. The number of benzene rings is 2. The Morgan fingerprint density at radius 2 is 1.86 bits per heavy atom. The minimum atomic E-state index is -3.69. The van der Waals surface area contributed by atoms with Crippen molar-refractivity contribution in [3.8, 4) is 0 Å². The summed E-state index contributed by atoms with van der Waals surface area (Å²) in [5.41, 5.74) is 1.92. The van der Waals surface area contributed by atoms with Gasteiger partial charge in [0.25, 0.3) is 0 Å². The van der Waals surface area contributed by atoms with Crippen LogP contribution >= 0.6 is 31.9 Å². The van der Waals surface area contributed by atoms with Gasteiger partial charge < -0.3 is 5.32 Å². The summed E-state index contributed by atoms with van der Waals surface area (Å²) < 4.78 is 24.3. The molecule has 7 heteroatoms. The molecule has 0 amide bonds. The Bertz CT molecular complexity index is 763. The summed E-state index contributed by atoms with van der Waals surface area (Å²) >= 11 is 6.81. The molecular weight excluding hydrogens is 420 g/mol. The summed E-state index contributed by atoms with van der Waals surface area (Å²) in [4.78, 5) is 0.0787. The molecule has 0 aromatic heterocycles. The van der Waals surface area contributed by atoms with E-state index in [-0.39, 0.29) is 10.9 Å². The first kappa shape index (κ1) is 16.5. The van der Waals surface area contributed by atoms with Gasteiger partial charge in [-0.3, -0.25) is 0 Å². The molecule has 0 heterocycles. The minimum absolute atomic E-state index is 0.0686. The number of nitrogens with one attached hydrogen (secondary N) is 1. The molecular formula is C14H14Br2N2O2S. The van der Waals surface area contributed by atoms with Crippen molar-refractivity contribution in [3.63, 3.8) is 0 Å². The topological polar surface area (TPSA) is 72.2 Å². The number of rotatable bonds is 4. The van der Waals surface area contributed by atoms with E-state index in [0.29, 0.717) is 4.47 Å². The lowest BCUT2D eigenvalue weighted by Gasteiger charge is -2.17. The van der Waals surface area contributed by atoms with Crippen LogP contribution in [0.1, 0.15) is 18.5 Å². The van der Waals surface area contributed by atoms with Crippen molar-refractivity contribution in [1.29, 1.82) is 0 Å². The number of hydrogen-bond donors (Lipinski definition) is 2. The molecule has 0 saturated carbocycles. The monoisotopic (exact) mass is 432 g/mol. The van der Waals surface area contributed by atoms with Crippen molar-refractivity contribution < 1.29 is 8.42 Å². The van der Waals surface area contributed by atoms with Crippen molar-refractivity contribution in [2.24, 2.45) is 5.14 Å².